The third-order valence-electron chi connectivity index (χ3n) is 11.9. The lowest BCUT2D eigenvalue weighted by molar-refractivity contribution is -0.145. The van der Waals surface area contributed by atoms with Crippen LogP contribution in [0.3, 0.4) is 0 Å². The average Bonchev–Trinajstić information content (AvgIpc) is 3.83. The number of benzene rings is 1. The van der Waals surface area contributed by atoms with Crippen molar-refractivity contribution in [2.75, 3.05) is 18.1 Å². The molecule has 2 saturated carbocycles. The van der Waals surface area contributed by atoms with Crippen molar-refractivity contribution in [3.63, 3.8) is 0 Å². The minimum Gasteiger partial charge on any atom is -0.384 e. The number of Topliss-reactive ketones (excluding diaryl/α,β-unsaturated/α-hetero) is 1. The van der Waals surface area contributed by atoms with E-state index >= 15 is 0 Å². The molecule has 2 saturated heterocycles. The van der Waals surface area contributed by atoms with Gasteiger partial charge in [-0.15, -0.1) is 5.10 Å². The Labute approximate surface area is 333 Å². The lowest BCUT2D eigenvalue weighted by atomic mass is 9.84. The highest BCUT2D eigenvalue weighted by Crippen LogP contribution is 2.47. The third-order valence-corrected chi connectivity index (χ3v) is 15.1. The molecule has 1 aromatic heterocycles. The van der Waals surface area contributed by atoms with Crippen LogP contribution in [0.25, 0.3) is 0 Å². The van der Waals surface area contributed by atoms with Gasteiger partial charge in [0.15, 0.2) is 0 Å². The second-order valence-electron chi connectivity index (χ2n) is 16.5. The van der Waals surface area contributed by atoms with Crippen LogP contribution in [0, 0.1) is 5.92 Å². The molecule has 4 amide bonds. The quantitative estimate of drug-likeness (QED) is 0.134. The Balaban J connectivity index is 1.30. The number of aliphatic hydroxyl groups is 1. The van der Waals surface area contributed by atoms with Crippen molar-refractivity contribution < 1.29 is 46.6 Å². The number of sulfonamides is 1. The van der Waals surface area contributed by atoms with Crippen LogP contribution in [-0.4, -0.2) is 114 Å². The van der Waals surface area contributed by atoms with Crippen LogP contribution >= 0.6 is 10.6 Å². The monoisotopic (exact) mass is 834 g/mol. The van der Waals surface area contributed by atoms with E-state index in [1.807, 2.05) is 0 Å². The number of hydrogen-bond acceptors (Lipinski definition) is 12. The number of carbonyl (C=O) groups is 5. The average molecular weight is 835 g/mol. The van der Waals surface area contributed by atoms with E-state index in [1.54, 1.807) is 13.8 Å². The van der Waals surface area contributed by atoms with Crippen LogP contribution in [0.5, 0.6) is 0 Å². The lowest BCUT2D eigenvalue weighted by Gasteiger charge is -2.45. The maximum absolute atomic E-state index is 14.9. The minimum atomic E-state index is -3.79. The van der Waals surface area contributed by atoms with Crippen molar-refractivity contribution in [3.05, 3.63) is 41.7 Å². The Morgan fingerprint density at radius 2 is 1.65 bits per heavy atom. The summed E-state index contributed by atoms with van der Waals surface area (Å²) in [5.41, 5.74) is 2.61. The van der Waals surface area contributed by atoms with E-state index in [-0.39, 0.29) is 66.2 Å². The van der Waals surface area contributed by atoms with Crippen LogP contribution in [0.15, 0.2) is 35.4 Å². The third kappa shape index (κ3) is 9.68. The van der Waals surface area contributed by atoms with Gasteiger partial charge >= 0.3 is 0 Å². The number of aromatic nitrogens is 3. The number of hydrogen-bond donors (Lipinski definition) is 7. The van der Waals surface area contributed by atoms with Crippen molar-refractivity contribution in [2.24, 2.45) is 11.7 Å². The van der Waals surface area contributed by atoms with Gasteiger partial charge in [-0.25, -0.2) is 17.8 Å². The number of likely N-dealkylation sites (tertiary alicyclic amines) is 1. The van der Waals surface area contributed by atoms with Crippen LogP contribution < -0.4 is 21.1 Å². The van der Waals surface area contributed by atoms with Gasteiger partial charge in [0, 0.05) is 36.1 Å². The molecule has 314 valence electrons. The van der Waals surface area contributed by atoms with E-state index in [9.17, 15) is 46.6 Å². The normalized spacial score (nSPS) is 23.8. The van der Waals surface area contributed by atoms with Gasteiger partial charge in [-0.05, 0) is 76.1 Å². The van der Waals surface area contributed by atoms with E-state index in [4.69, 9.17) is 5.73 Å². The molecule has 3 atom stereocenters. The van der Waals surface area contributed by atoms with Gasteiger partial charge in [0.05, 0.1) is 22.8 Å². The molecule has 4 aliphatic rings. The molecule has 4 fully saturated rings. The molecule has 0 radical (unpaired) electrons. The van der Waals surface area contributed by atoms with E-state index < -0.39 is 79.3 Å². The molecule has 0 bridgehead atoms. The summed E-state index contributed by atoms with van der Waals surface area (Å²) < 4.78 is 50.5. The van der Waals surface area contributed by atoms with E-state index in [1.165, 1.54) is 40.0 Å². The van der Waals surface area contributed by atoms with Crippen molar-refractivity contribution >= 4 is 50.0 Å². The van der Waals surface area contributed by atoms with Gasteiger partial charge in [-0.1, -0.05) is 43.7 Å². The first-order chi connectivity index (χ1) is 26.8. The Morgan fingerprint density at radius 1 is 1.00 bits per heavy atom. The van der Waals surface area contributed by atoms with Crippen LogP contribution in [0.2, 0.25) is 0 Å². The maximum Gasteiger partial charge on any atom is 0.287 e. The number of nitrogens with one attached hydrogen (secondary N) is 3. The fourth-order valence-corrected chi connectivity index (χ4v) is 11.2. The number of nitrogens with zero attached hydrogens (tertiary/aromatic N) is 4. The SMILES string of the molecule is CC(C)(O)c1cnnn1[C@H]1C[C@@H](C(=O)NC2(C(=O)C(N)=O)CCS(O)(O)CC2)N(C(=O)C(CC2CCCCC2)NC(=O)c2ccc(S(=O)(=O)NC3CCC3)cc2)C1. The van der Waals surface area contributed by atoms with E-state index in [0.29, 0.717) is 5.69 Å². The second kappa shape index (κ2) is 16.7. The standard InChI is InChI=1S/C37H54N8O10S2/c1-36(2,51)30-21-39-43-45(30)26-20-29(34(49)41-37(31(46)32(38)47)15-17-56(52,53)18-16-37)44(22-26)35(50)28(19-23-7-4-3-5-8-23)40-33(48)24-11-13-27(14-12-24)57(54,55)42-25-9-6-10-25/h11-14,21,23,25-26,28-29,42,51-53H,3-10,15-20,22H2,1-2H3,(H2,38,47)(H,40,48)(H,41,49)/t26-,28?,29-/m0/s1. The highest BCUT2D eigenvalue weighted by Gasteiger charge is 2.51. The largest absolute Gasteiger partial charge is 0.384 e. The van der Waals surface area contributed by atoms with Gasteiger partial charge in [-0.3, -0.25) is 33.1 Å². The summed E-state index contributed by atoms with van der Waals surface area (Å²) in [5.74, 6) is -4.83. The first-order valence-electron chi connectivity index (χ1n) is 19.6. The molecule has 18 nitrogen and oxygen atoms in total. The summed E-state index contributed by atoms with van der Waals surface area (Å²) in [7, 11) is -6.85. The molecule has 2 aromatic rings. The van der Waals surface area contributed by atoms with Crippen molar-refractivity contribution in [1.82, 2.24) is 35.2 Å². The number of primary amides is 1. The fourth-order valence-electron chi connectivity index (χ4n) is 8.32. The molecular weight excluding hydrogens is 781 g/mol. The van der Waals surface area contributed by atoms with Gasteiger partial charge < -0.3 is 26.4 Å². The summed E-state index contributed by atoms with van der Waals surface area (Å²) in [4.78, 5) is 69.9. The summed E-state index contributed by atoms with van der Waals surface area (Å²) in [6.45, 7) is 2.98. The Morgan fingerprint density at radius 3 is 2.23 bits per heavy atom. The molecule has 6 rings (SSSR count). The zero-order valence-electron chi connectivity index (χ0n) is 32.3. The second-order valence-corrected chi connectivity index (χ2v) is 20.7. The van der Waals surface area contributed by atoms with Gasteiger partial charge in [0.25, 0.3) is 11.8 Å². The number of rotatable bonds is 14. The Bertz CT molecular complexity index is 1950. The zero-order valence-corrected chi connectivity index (χ0v) is 33.9. The van der Waals surface area contributed by atoms with Crippen LogP contribution in [0.1, 0.15) is 113 Å². The molecule has 1 unspecified atom stereocenters. The first-order valence-corrected chi connectivity index (χ1v) is 22.9. The topological polar surface area (TPSA) is 276 Å². The number of amides is 4. The predicted octanol–water partition coefficient (Wildman–Crippen LogP) is 1.70. The van der Waals surface area contributed by atoms with E-state index in [0.717, 1.165) is 51.4 Å². The highest BCUT2D eigenvalue weighted by atomic mass is 32.3. The summed E-state index contributed by atoms with van der Waals surface area (Å²) in [6.07, 6.45) is 8.15. The molecule has 3 heterocycles. The van der Waals surface area contributed by atoms with Crippen molar-refractivity contribution in [2.45, 2.75) is 131 Å². The molecule has 57 heavy (non-hydrogen) atoms. The maximum atomic E-state index is 14.9. The molecule has 2 aliphatic carbocycles. The smallest absolute Gasteiger partial charge is 0.287 e. The Hall–Kier alpha value is -3.95. The molecule has 1 aromatic carbocycles. The van der Waals surface area contributed by atoms with Gasteiger partial charge in [0.1, 0.15) is 23.2 Å². The number of nitrogens with two attached hydrogens (primary N) is 1. The molecule has 8 N–H and O–H groups in total. The molecule has 2 aliphatic heterocycles. The van der Waals surface area contributed by atoms with E-state index in [2.05, 4.69) is 25.7 Å². The highest BCUT2D eigenvalue weighted by molar-refractivity contribution is 8.24. The Kier molecular flexibility index (Phi) is 12.5. The first kappa shape index (κ1) is 42.7. The molecule has 20 heteroatoms. The van der Waals surface area contributed by atoms with Crippen molar-refractivity contribution in [3.8, 4) is 0 Å². The molecular formula is C37H54N8O10S2. The predicted molar refractivity (Wildman–Crippen MR) is 208 cm³/mol. The molecule has 0 spiro atoms. The number of carbonyl (C=O) groups excluding carboxylic acids is 5. The van der Waals surface area contributed by atoms with Crippen molar-refractivity contribution in [1.29, 1.82) is 0 Å². The summed E-state index contributed by atoms with van der Waals surface area (Å²) in [5, 5.41) is 24.6. The van der Waals surface area contributed by atoms with Gasteiger partial charge in [-0.2, -0.15) is 10.6 Å². The van der Waals surface area contributed by atoms with Crippen LogP contribution in [-0.2, 0) is 34.8 Å². The van der Waals surface area contributed by atoms with Crippen LogP contribution in [0.4, 0.5) is 0 Å². The summed E-state index contributed by atoms with van der Waals surface area (Å²) >= 11 is 0. The lowest BCUT2D eigenvalue weighted by Crippen LogP contribution is -2.64. The summed E-state index contributed by atoms with van der Waals surface area (Å²) in [6, 6.07) is 2.25. The van der Waals surface area contributed by atoms with Gasteiger partial charge in [0.2, 0.25) is 27.6 Å². The number of ketones is 1. The zero-order chi connectivity index (χ0) is 41.3. The minimum absolute atomic E-state index is 0.00640. The fraction of sp³-hybridized carbons (Fsp3) is 0.649.